The molecule has 0 atom stereocenters. The topological polar surface area (TPSA) is 17.8 Å². The minimum atomic E-state index is -0.454. The lowest BCUT2D eigenvalue weighted by Crippen LogP contribution is -1.93. The van der Waals surface area contributed by atoms with Crippen LogP contribution < -0.4 is 0 Å². The maximum atomic E-state index is 13.8. The standard InChI is InChI=1S/C15H11FN2/c16-15-14(12-7-3-1-4-8-12)11-18(17-15)13-9-5-2-6-10-13/h1-11H. The van der Waals surface area contributed by atoms with Gasteiger partial charge < -0.3 is 0 Å². The minimum absolute atomic E-state index is 0.454. The van der Waals surface area contributed by atoms with Crippen LogP contribution in [0, 0.1) is 5.95 Å². The van der Waals surface area contributed by atoms with Crippen molar-refractivity contribution >= 4 is 0 Å². The van der Waals surface area contributed by atoms with E-state index in [1.807, 2.05) is 60.7 Å². The zero-order valence-electron chi connectivity index (χ0n) is 9.62. The van der Waals surface area contributed by atoms with Crippen molar-refractivity contribution in [2.75, 3.05) is 0 Å². The molecule has 0 fully saturated rings. The summed E-state index contributed by atoms with van der Waals surface area (Å²) in [6.45, 7) is 0. The number of hydrogen-bond donors (Lipinski definition) is 0. The van der Waals surface area contributed by atoms with Gasteiger partial charge in [-0.3, -0.25) is 0 Å². The Labute approximate surface area is 104 Å². The van der Waals surface area contributed by atoms with E-state index >= 15 is 0 Å². The monoisotopic (exact) mass is 238 g/mol. The molecule has 88 valence electrons. The third-order valence-corrected chi connectivity index (χ3v) is 2.77. The summed E-state index contributed by atoms with van der Waals surface area (Å²) in [5, 5.41) is 3.91. The van der Waals surface area contributed by atoms with Crippen LogP contribution in [-0.2, 0) is 0 Å². The Bertz CT molecular complexity index is 645. The second kappa shape index (κ2) is 4.45. The molecule has 0 amide bonds. The zero-order valence-corrected chi connectivity index (χ0v) is 9.62. The smallest absolute Gasteiger partial charge is 0.237 e. The van der Waals surface area contributed by atoms with Crippen LogP contribution in [0.1, 0.15) is 0 Å². The summed E-state index contributed by atoms with van der Waals surface area (Å²) in [5.41, 5.74) is 2.19. The Hall–Kier alpha value is -2.42. The van der Waals surface area contributed by atoms with Gasteiger partial charge in [0, 0.05) is 6.20 Å². The van der Waals surface area contributed by atoms with Gasteiger partial charge in [0.05, 0.1) is 11.3 Å². The van der Waals surface area contributed by atoms with Crippen LogP contribution in [0.5, 0.6) is 0 Å². The van der Waals surface area contributed by atoms with Crippen molar-refractivity contribution in [2.45, 2.75) is 0 Å². The lowest BCUT2D eigenvalue weighted by Gasteiger charge is -1.98. The summed E-state index contributed by atoms with van der Waals surface area (Å²) in [7, 11) is 0. The first-order valence-electron chi connectivity index (χ1n) is 5.70. The van der Waals surface area contributed by atoms with Crippen LogP contribution in [0.4, 0.5) is 4.39 Å². The van der Waals surface area contributed by atoms with Gasteiger partial charge in [0.15, 0.2) is 0 Å². The summed E-state index contributed by atoms with van der Waals surface area (Å²) in [6, 6.07) is 18.9. The highest BCUT2D eigenvalue weighted by molar-refractivity contribution is 5.62. The molecule has 2 nitrogen and oxygen atoms in total. The van der Waals surface area contributed by atoms with E-state index in [0.29, 0.717) is 5.56 Å². The fourth-order valence-corrected chi connectivity index (χ4v) is 1.88. The number of benzene rings is 2. The van der Waals surface area contributed by atoms with Gasteiger partial charge in [-0.25, -0.2) is 4.68 Å². The van der Waals surface area contributed by atoms with Crippen LogP contribution in [0.2, 0.25) is 0 Å². The van der Waals surface area contributed by atoms with Gasteiger partial charge in [-0.1, -0.05) is 48.5 Å². The van der Waals surface area contributed by atoms with E-state index in [9.17, 15) is 4.39 Å². The van der Waals surface area contributed by atoms with E-state index in [0.717, 1.165) is 11.3 Å². The first kappa shape index (κ1) is 10.7. The number of para-hydroxylation sites is 1. The van der Waals surface area contributed by atoms with Crippen LogP contribution in [0.3, 0.4) is 0 Å². The SMILES string of the molecule is Fc1nn(-c2ccccc2)cc1-c1ccccc1. The summed E-state index contributed by atoms with van der Waals surface area (Å²) in [4.78, 5) is 0. The summed E-state index contributed by atoms with van der Waals surface area (Å²) < 4.78 is 15.4. The van der Waals surface area contributed by atoms with E-state index in [-0.39, 0.29) is 0 Å². The molecule has 0 unspecified atom stereocenters. The maximum Gasteiger partial charge on any atom is 0.240 e. The molecule has 0 saturated carbocycles. The molecular formula is C15H11FN2. The fraction of sp³-hybridized carbons (Fsp3) is 0. The Morgan fingerprint density at radius 1 is 0.833 bits per heavy atom. The molecule has 1 heterocycles. The highest BCUT2D eigenvalue weighted by Crippen LogP contribution is 2.22. The number of halogens is 1. The predicted octanol–water partition coefficient (Wildman–Crippen LogP) is 3.68. The average Bonchev–Trinajstić information content (AvgIpc) is 2.83. The highest BCUT2D eigenvalue weighted by atomic mass is 19.1. The molecule has 0 spiro atoms. The van der Waals surface area contributed by atoms with Crippen LogP contribution >= 0.6 is 0 Å². The Kier molecular flexibility index (Phi) is 2.65. The van der Waals surface area contributed by atoms with E-state index < -0.39 is 5.95 Å². The van der Waals surface area contributed by atoms with Crippen molar-refractivity contribution in [2.24, 2.45) is 0 Å². The van der Waals surface area contributed by atoms with Crippen molar-refractivity contribution in [1.29, 1.82) is 0 Å². The van der Waals surface area contributed by atoms with Crippen molar-refractivity contribution in [1.82, 2.24) is 9.78 Å². The predicted molar refractivity (Wildman–Crippen MR) is 69.0 cm³/mol. The Morgan fingerprint density at radius 2 is 1.44 bits per heavy atom. The van der Waals surface area contributed by atoms with Gasteiger partial charge in [0.2, 0.25) is 5.95 Å². The third kappa shape index (κ3) is 1.91. The number of hydrogen-bond acceptors (Lipinski definition) is 1. The van der Waals surface area contributed by atoms with Crippen molar-refractivity contribution in [3.63, 3.8) is 0 Å². The Morgan fingerprint density at radius 3 is 2.11 bits per heavy atom. The maximum absolute atomic E-state index is 13.8. The first-order chi connectivity index (χ1) is 8.84. The van der Waals surface area contributed by atoms with Gasteiger partial charge in [-0.15, -0.1) is 5.10 Å². The van der Waals surface area contributed by atoms with Crippen LogP contribution in [0.15, 0.2) is 66.9 Å². The van der Waals surface area contributed by atoms with Gasteiger partial charge in [0.25, 0.3) is 0 Å². The fourth-order valence-electron chi connectivity index (χ4n) is 1.88. The second-order valence-corrected chi connectivity index (χ2v) is 3.98. The van der Waals surface area contributed by atoms with Crippen LogP contribution in [0.25, 0.3) is 16.8 Å². The molecule has 1 aromatic heterocycles. The van der Waals surface area contributed by atoms with E-state index in [2.05, 4.69) is 5.10 Å². The number of rotatable bonds is 2. The number of nitrogens with zero attached hydrogens (tertiary/aromatic N) is 2. The molecule has 0 N–H and O–H groups in total. The lowest BCUT2D eigenvalue weighted by molar-refractivity contribution is 0.569. The van der Waals surface area contributed by atoms with Crippen molar-refractivity contribution in [3.05, 3.63) is 72.8 Å². The second-order valence-electron chi connectivity index (χ2n) is 3.98. The lowest BCUT2D eigenvalue weighted by atomic mass is 10.1. The van der Waals surface area contributed by atoms with Gasteiger partial charge >= 0.3 is 0 Å². The minimum Gasteiger partial charge on any atom is -0.237 e. The Balaban J connectivity index is 2.07. The molecule has 3 rings (SSSR count). The molecule has 0 saturated heterocycles. The molecule has 3 aromatic rings. The summed E-state index contributed by atoms with van der Waals surface area (Å²) in [6.07, 6.45) is 1.71. The largest absolute Gasteiger partial charge is 0.240 e. The molecule has 0 aliphatic heterocycles. The molecule has 18 heavy (non-hydrogen) atoms. The molecule has 0 aliphatic carbocycles. The average molecular weight is 238 g/mol. The van der Waals surface area contributed by atoms with E-state index in [1.54, 1.807) is 10.9 Å². The summed E-state index contributed by atoms with van der Waals surface area (Å²) >= 11 is 0. The van der Waals surface area contributed by atoms with Gasteiger partial charge in [0.1, 0.15) is 0 Å². The first-order valence-corrected chi connectivity index (χ1v) is 5.70. The quantitative estimate of drug-likeness (QED) is 0.666. The van der Waals surface area contributed by atoms with E-state index in [1.165, 1.54) is 0 Å². The molecule has 3 heteroatoms. The zero-order chi connectivity index (χ0) is 12.4. The van der Waals surface area contributed by atoms with Crippen LogP contribution in [-0.4, -0.2) is 9.78 Å². The van der Waals surface area contributed by atoms with E-state index in [4.69, 9.17) is 0 Å². The van der Waals surface area contributed by atoms with Gasteiger partial charge in [-0.2, -0.15) is 4.39 Å². The summed E-state index contributed by atoms with van der Waals surface area (Å²) in [5.74, 6) is -0.454. The molecular weight excluding hydrogens is 227 g/mol. The molecule has 0 radical (unpaired) electrons. The van der Waals surface area contributed by atoms with Crippen molar-refractivity contribution in [3.8, 4) is 16.8 Å². The van der Waals surface area contributed by atoms with Gasteiger partial charge in [-0.05, 0) is 17.7 Å². The third-order valence-electron chi connectivity index (χ3n) is 2.77. The number of aromatic nitrogens is 2. The van der Waals surface area contributed by atoms with Crippen molar-refractivity contribution < 1.29 is 4.39 Å². The molecule has 0 bridgehead atoms. The molecule has 2 aromatic carbocycles. The molecule has 0 aliphatic rings. The normalized spacial score (nSPS) is 10.5. The highest BCUT2D eigenvalue weighted by Gasteiger charge is 2.10.